The molecule has 2 aromatic heterocycles. The molecular weight excluding hydrogens is 454 g/mol. The summed E-state index contributed by atoms with van der Waals surface area (Å²) in [6.07, 6.45) is -1.86. The van der Waals surface area contributed by atoms with Crippen LogP contribution in [0.25, 0.3) is 32.9 Å². The molecule has 0 aliphatic carbocycles. The number of aromatic nitrogens is 4. The SMILES string of the molecule is CNc1ncc2cc(-c3c(C)ccc4c(Nc5ccc6c(c5)OC(F)(F)O6)nn(C)c34)ccc2n1. The number of alkyl halides is 2. The predicted octanol–water partition coefficient (Wildman–Crippen LogP) is 5.60. The second-order valence-electron chi connectivity index (χ2n) is 8.30. The highest BCUT2D eigenvalue weighted by Gasteiger charge is 2.43. The molecule has 6 rings (SSSR count). The van der Waals surface area contributed by atoms with E-state index < -0.39 is 6.29 Å². The predicted molar refractivity (Wildman–Crippen MR) is 129 cm³/mol. The van der Waals surface area contributed by atoms with E-state index in [0.29, 0.717) is 17.5 Å². The van der Waals surface area contributed by atoms with Gasteiger partial charge >= 0.3 is 6.29 Å². The van der Waals surface area contributed by atoms with Crippen LogP contribution in [0.1, 0.15) is 5.56 Å². The molecule has 0 radical (unpaired) electrons. The smallest absolute Gasteiger partial charge is 0.395 e. The summed E-state index contributed by atoms with van der Waals surface area (Å²) in [6, 6.07) is 14.7. The van der Waals surface area contributed by atoms with E-state index in [2.05, 4.69) is 48.2 Å². The summed E-state index contributed by atoms with van der Waals surface area (Å²) in [5, 5.41) is 12.7. The van der Waals surface area contributed by atoms with Crippen molar-refractivity contribution in [1.82, 2.24) is 19.7 Å². The molecular formula is C25H20F2N6O2. The molecule has 1 aliphatic heterocycles. The Balaban J connectivity index is 1.43. The number of hydrogen-bond acceptors (Lipinski definition) is 7. The van der Waals surface area contributed by atoms with Gasteiger partial charge in [0.1, 0.15) is 0 Å². The molecule has 0 unspecified atom stereocenters. The van der Waals surface area contributed by atoms with Crippen LogP contribution >= 0.6 is 0 Å². The third-order valence-electron chi connectivity index (χ3n) is 5.97. The first-order valence-corrected chi connectivity index (χ1v) is 10.9. The van der Waals surface area contributed by atoms with Crippen molar-refractivity contribution in [1.29, 1.82) is 0 Å². The number of anilines is 3. The highest BCUT2D eigenvalue weighted by Crippen LogP contribution is 2.43. The second kappa shape index (κ2) is 7.52. The average molecular weight is 474 g/mol. The summed E-state index contributed by atoms with van der Waals surface area (Å²) in [6.45, 7) is 2.05. The van der Waals surface area contributed by atoms with Gasteiger partial charge in [-0.3, -0.25) is 4.68 Å². The lowest BCUT2D eigenvalue weighted by atomic mass is 9.96. The highest BCUT2D eigenvalue weighted by molar-refractivity contribution is 6.03. The van der Waals surface area contributed by atoms with Gasteiger partial charge in [0.25, 0.3) is 0 Å². The molecule has 0 amide bonds. The Morgan fingerprint density at radius 1 is 1.00 bits per heavy atom. The van der Waals surface area contributed by atoms with Gasteiger partial charge in [-0.2, -0.15) is 5.10 Å². The molecule has 35 heavy (non-hydrogen) atoms. The van der Waals surface area contributed by atoms with Crippen LogP contribution in [0.2, 0.25) is 0 Å². The number of hydrogen-bond donors (Lipinski definition) is 2. The monoisotopic (exact) mass is 474 g/mol. The molecule has 3 heterocycles. The molecule has 8 nitrogen and oxygen atoms in total. The number of rotatable bonds is 4. The fourth-order valence-electron chi connectivity index (χ4n) is 4.40. The maximum atomic E-state index is 13.4. The Morgan fingerprint density at radius 2 is 1.83 bits per heavy atom. The summed E-state index contributed by atoms with van der Waals surface area (Å²) in [5.41, 5.74) is 5.47. The molecule has 3 aromatic carbocycles. The first-order valence-electron chi connectivity index (χ1n) is 10.9. The highest BCUT2D eigenvalue weighted by atomic mass is 19.3. The van der Waals surface area contributed by atoms with Crippen molar-refractivity contribution >= 4 is 39.3 Å². The summed E-state index contributed by atoms with van der Waals surface area (Å²) < 4.78 is 37.7. The lowest BCUT2D eigenvalue weighted by Gasteiger charge is -2.11. The third-order valence-corrected chi connectivity index (χ3v) is 5.97. The largest absolute Gasteiger partial charge is 0.586 e. The molecule has 176 valence electrons. The van der Waals surface area contributed by atoms with Crippen LogP contribution in [0.3, 0.4) is 0 Å². The van der Waals surface area contributed by atoms with Gasteiger partial charge < -0.3 is 20.1 Å². The standard InChI is InChI=1S/C25H20F2N6O2/c1-13-4-7-17-22(21(13)14-5-8-18-15(10-14)12-29-24(28-2)31-18)33(3)32-23(17)30-16-6-9-19-20(11-16)35-25(26,27)34-19/h4-12H,1-3H3,(H,30,32)(H,28,29,31). The number of ether oxygens (including phenoxy) is 2. The number of nitrogens with one attached hydrogen (secondary N) is 2. The van der Waals surface area contributed by atoms with Gasteiger partial charge in [0.15, 0.2) is 17.3 Å². The van der Waals surface area contributed by atoms with Crippen molar-refractivity contribution in [2.75, 3.05) is 17.7 Å². The lowest BCUT2D eigenvalue weighted by molar-refractivity contribution is -0.286. The number of nitrogens with zero attached hydrogens (tertiary/aromatic N) is 4. The molecule has 0 saturated heterocycles. The van der Waals surface area contributed by atoms with E-state index in [1.807, 2.05) is 36.0 Å². The van der Waals surface area contributed by atoms with Crippen molar-refractivity contribution < 1.29 is 18.3 Å². The number of fused-ring (bicyclic) bond motifs is 3. The topological polar surface area (TPSA) is 86.1 Å². The first-order chi connectivity index (χ1) is 16.8. The Morgan fingerprint density at radius 3 is 2.66 bits per heavy atom. The molecule has 0 saturated carbocycles. The zero-order valence-electron chi connectivity index (χ0n) is 19.1. The van der Waals surface area contributed by atoms with Gasteiger partial charge in [0.05, 0.1) is 11.0 Å². The summed E-state index contributed by atoms with van der Waals surface area (Å²) >= 11 is 0. The molecule has 0 atom stereocenters. The summed E-state index contributed by atoms with van der Waals surface area (Å²) in [7, 11) is 3.66. The zero-order chi connectivity index (χ0) is 24.3. The molecule has 2 N–H and O–H groups in total. The Labute approximate surface area is 198 Å². The molecule has 5 aromatic rings. The van der Waals surface area contributed by atoms with Crippen molar-refractivity contribution in [2.24, 2.45) is 7.05 Å². The molecule has 0 spiro atoms. The van der Waals surface area contributed by atoms with Gasteiger partial charge in [-0.25, -0.2) is 9.97 Å². The quantitative estimate of drug-likeness (QED) is 0.351. The molecule has 10 heteroatoms. The van der Waals surface area contributed by atoms with E-state index >= 15 is 0 Å². The minimum absolute atomic E-state index is 0.00791. The van der Waals surface area contributed by atoms with E-state index in [4.69, 9.17) is 0 Å². The summed E-state index contributed by atoms with van der Waals surface area (Å²) in [5.74, 6) is 1.12. The molecule has 1 aliphatic rings. The number of benzene rings is 3. The maximum Gasteiger partial charge on any atom is 0.586 e. The second-order valence-corrected chi connectivity index (χ2v) is 8.30. The van der Waals surface area contributed by atoms with Crippen LogP contribution in [0.5, 0.6) is 11.5 Å². The lowest BCUT2D eigenvalue weighted by Crippen LogP contribution is -2.25. The van der Waals surface area contributed by atoms with Crippen LogP contribution in [0.15, 0.2) is 54.7 Å². The van der Waals surface area contributed by atoms with Crippen molar-refractivity contribution in [3.05, 3.63) is 60.3 Å². The average Bonchev–Trinajstić information content (AvgIpc) is 3.32. The maximum absolute atomic E-state index is 13.4. The Kier molecular flexibility index (Phi) is 4.53. The minimum Gasteiger partial charge on any atom is -0.395 e. The van der Waals surface area contributed by atoms with Crippen LogP contribution in [-0.4, -0.2) is 33.1 Å². The number of halogens is 2. The fourth-order valence-corrected chi connectivity index (χ4v) is 4.40. The van der Waals surface area contributed by atoms with Crippen molar-refractivity contribution in [2.45, 2.75) is 13.2 Å². The van der Waals surface area contributed by atoms with E-state index in [9.17, 15) is 8.78 Å². The minimum atomic E-state index is -3.66. The molecule has 0 bridgehead atoms. The van der Waals surface area contributed by atoms with Crippen LogP contribution < -0.4 is 20.1 Å². The van der Waals surface area contributed by atoms with Crippen LogP contribution in [0.4, 0.5) is 26.2 Å². The van der Waals surface area contributed by atoms with Gasteiger partial charge in [-0.05, 0) is 48.4 Å². The Hall–Kier alpha value is -4.47. The fraction of sp³-hybridized carbons (Fsp3) is 0.160. The third kappa shape index (κ3) is 3.54. The van der Waals surface area contributed by atoms with Crippen LogP contribution in [0, 0.1) is 6.92 Å². The van der Waals surface area contributed by atoms with Gasteiger partial charge in [0, 0.05) is 48.4 Å². The van der Waals surface area contributed by atoms with Crippen LogP contribution in [-0.2, 0) is 7.05 Å². The Bertz CT molecular complexity index is 1630. The van der Waals surface area contributed by atoms with E-state index in [1.165, 1.54) is 12.1 Å². The van der Waals surface area contributed by atoms with Gasteiger partial charge in [-0.15, -0.1) is 8.78 Å². The van der Waals surface area contributed by atoms with E-state index in [1.54, 1.807) is 19.3 Å². The van der Waals surface area contributed by atoms with Crippen molar-refractivity contribution in [3.63, 3.8) is 0 Å². The van der Waals surface area contributed by atoms with Gasteiger partial charge in [-0.1, -0.05) is 12.1 Å². The normalized spacial score (nSPS) is 14.0. The van der Waals surface area contributed by atoms with E-state index in [-0.39, 0.29) is 11.5 Å². The molecule has 0 fully saturated rings. The first kappa shape index (κ1) is 21.1. The van der Waals surface area contributed by atoms with Crippen molar-refractivity contribution in [3.8, 4) is 22.6 Å². The zero-order valence-corrected chi connectivity index (χ0v) is 19.1. The summed E-state index contributed by atoms with van der Waals surface area (Å²) in [4.78, 5) is 8.83. The van der Waals surface area contributed by atoms with Gasteiger partial charge in [0.2, 0.25) is 5.95 Å². The number of aryl methyl sites for hydroxylation is 2. The van der Waals surface area contributed by atoms with E-state index in [0.717, 1.165) is 38.5 Å².